The predicted octanol–water partition coefficient (Wildman–Crippen LogP) is 3.39. The van der Waals surface area contributed by atoms with Crippen molar-refractivity contribution in [1.82, 2.24) is 0 Å². The van der Waals surface area contributed by atoms with Gasteiger partial charge in [-0.1, -0.05) is 132 Å². The van der Waals surface area contributed by atoms with Crippen LogP contribution < -0.4 is 40.5 Å². The van der Waals surface area contributed by atoms with Gasteiger partial charge >= 0.3 is 60.7 Å². The smallest absolute Gasteiger partial charge is 0.195 e. The summed E-state index contributed by atoms with van der Waals surface area (Å²) in [7, 11) is -9.18. The number of halogens is 2. The van der Waals surface area contributed by atoms with Gasteiger partial charge in [0, 0.05) is 0 Å². The minimum absolute atomic E-state index is 0.0919. The molecular weight excluding hydrogens is 906 g/mol. The molecule has 0 fully saturated rings. The first-order valence-electron chi connectivity index (χ1n) is 16.9. The van der Waals surface area contributed by atoms with Crippen molar-refractivity contribution in [2.45, 2.75) is 105 Å². The van der Waals surface area contributed by atoms with E-state index in [4.69, 9.17) is 5.03 Å². The Hall–Kier alpha value is -1.84. The van der Waals surface area contributed by atoms with Crippen LogP contribution in [0.15, 0.2) is 97.1 Å². The summed E-state index contributed by atoms with van der Waals surface area (Å²) in [5.41, 5.74) is 4.05. The quantitative estimate of drug-likeness (QED) is 0.227. The summed E-state index contributed by atoms with van der Waals surface area (Å²) in [6.07, 6.45) is 0. The Morgan fingerprint density at radius 1 is 0.373 bits per heavy atom. The molecule has 0 atom stereocenters. The minimum Gasteiger partial charge on any atom is -0.195 e. The molecular formula is C41H54I2O6S2+2. The maximum absolute atomic E-state index is 13.8. The number of hydrogen-bond donors (Lipinski definition) is 0. The second-order valence-corrected chi connectivity index (χ2v) is 30.3. The molecule has 2 radical (unpaired) electrons. The molecule has 0 aromatic heterocycles. The van der Waals surface area contributed by atoms with Gasteiger partial charge in [-0.15, -0.1) is 0 Å². The molecule has 10 heteroatoms. The van der Waals surface area contributed by atoms with Gasteiger partial charge in [0.25, 0.3) is 0 Å². The third-order valence-electron chi connectivity index (χ3n) is 8.24. The molecule has 0 aliphatic carbocycles. The molecule has 0 aliphatic rings. The fraction of sp³-hybridized carbons (Fsp3) is 0.415. The average Bonchev–Trinajstić information content (AvgIpc) is 3.01. The monoisotopic (exact) mass is 960 g/mol. The van der Waals surface area contributed by atoms with Crippen LogP contribution in [0.1, 0.15) is 105 Å². The van der Waals surface area contributed by atoms with Gasteiger partial charge in [0.15, 0.2) is 14.3 Å². The van der Waals surface area contributed by atoms with E-state index in [0.29, 0.717) is 0 Å². The fourth-order valence-electron chi connectivity index (χ4n) is 5.06. The lowest BCUT2D eigenvalue weighted by atomic mass is 9.87. The van der Waals surface area contributed by atoms with Gasteiger partial charge in [0.2, 0.25) is 5.08 Å². The van der Waals surface area contributed by atoms with Crippen LogP contribution in [0.5, 0.6) is 0 Å². The molecule has 0 saturated heterocycles. The van der Waals surface area contributed by atoms with E-state index in [-0.39, 0.29) is 21.7 Å². The normalized spacial score (nSPS) is 13.6. The fourth-order valence-corrected chi connectivity index (χ4v) is 20.6. The summed E-state index contributed by atoms with van der Waals surface area (Å²) < 4.78 is 70.2. The van der Waals surface area contributed by atoms with Crippen molar-refractivity contribution in [1.29, 1.82) is 0 Å². The van der Waals surface area contributed by atoms with Crippen molar-refractivity contribution in [3.63, 3.8) is 0 Å². The van der Waals surface area contributed by atoms with Gasteiger partial charge in [-0.2, -0.15) is 16.8 Å². The van der Waals surface area contributed by atoms with Gasteiger partial charge in [0.05, 0.1) is 0 Å². The Morgan fingerprint density at radius 2 is 0.549 bits per heavy atom. The van der Waals surface area contributed by atoms with Crippen molar-refractivity contribution >= 4 is 20.2 Å². The van der Waals surface area contributed by atoms with E-state index in [2.05, 4.69) is 83.1 Å². The van der Waals surface area contributed by atoms with Crippen LogP contribution in [0.3, 0.4) is 0 Å². The van der Waals surface area contributed by atoms with E-state index >= 15 is 0 Å². The lowest BCUT2D eigenvalue weighted by Gasteiger charge is -2.19. The highest BCUT2D eigenvalue weighted by atomic mass is 127. The van der Waals surface area contributed by atoms with Crippen LogP contribution in [0, 0.1) is 14.3 Å². The summed E-state index contributed by atoms with van der Waals surface area (Å²) >= 11 is -6.29. The number of benzene rings is 4. The molecule has 4 aromatic carbocycles. The maximum Gasteiger partial charge on any atom is 0.324 e. The number of hydrogen-bond acceptors (Lipinski definition) is 6. The first-order valence-corrected chi connectivity index (χ1v) is 26.2. The van der Waals surface area contributed by atoms with Crippen molar-refractivity contribution in [2.75, 3.05) is 5.08 Å². The zero-order valence-electron chi connectivity index (χ0n) is 32.0. The topological polar surface area (TPSA) is 86.7 Å². The highest BCUT2D eigenvalue weighted by Gasteiger charge is 2.44. The van der Waals surface area contributed by atoms with Gasteiger partial charge in [-0.25, -0.2) is 0 Å². The van der Waals surface area contributed by atoms with E-state index in [0.717, 1.165) is 36.5 Å². The Balaban J connectivity index is 1.69. The summed E-state index contributed by atoms with van der Waals surface area (Å²) in [4.78, 5) is 0. The first-order chi connectivity index (χ1) is 23.3. The molecule has 6 nitrogen and oxygen atoms in total. The molecule has 4 aromatic rings. The van der Waals surface area contributed by atoms with Crippen LogP contribution in [-0.2, 0) is 46.9 Å². The highest BCUT2D eigenvalue weighted by molar-refractivity contribution is 8.03. The zero-order chi connectivity index (χ0) is 38.2. The lowest BCUT2D eigenvalue weighted by Crippen LogP contribution is -3.85. The third kappa shape index (κ3) is 11.6. The van der Waals surface area contributed by atoms with Crippen molar-refractivity contribution < 1.29 is 62.3 Å². The Kier molecular flexibility index (Phi) is 12.7. The molecule has 0 amide bonds. The van der Waals surface area contributed by atoms with E-state index < -0.39 is 65.8 Å². The van der Waals surface area contributed by atoms with E-state index in [1.165, 1.54) is 0 Å². The molecule has 278 valence electrons. The van der Waals surface area contributed by atoms with Crippen LogP contribution in [-0.4, -0.2) is 21.9 Å². The maximum atomic E-state index is 13.8. The molecule has 51 heavy (non-hydrogen) atoms. The summed E-state index contributed by atoms with van der Waals surface area (Å²) in [6, 6.07) is 31.2. The summed E-state index contributed by atoms with van der Waals surface area (Å²) in [5.74, 6) is 0. The van der Waals surface area contributed by atoms with E-state index in [1.54, 1.807) is 0 Å². The SMILES string of the molecule is CC(C)(C)c1ccc([I+](OS(=O)(=O)CS(=O)(=O)O[I+](c2ccc(C(C)(C)C)cc2)c2ccc(C(C)(C)C)cc2)c2ccc(C(C)(C)C)cc2)cc1. The third-order valence-corrected chi connectivity index (χ3v) is 24.0. The van der Waals surface area contributed by atoms with E-state index in [1.807, 2.05) is 97.1 Å². The molecule has 0 bridgehead atoms. The van der Waals surface area contributed by atoms with Crippen molar-refractivity contribution in [3.8, 4) is 0 Å². The molecule has 0 heterocycles. The molecule has 0 saturated carbocycles. The van der Waals surface area contributed by atoms with Crippen LogP contribution in [0.4, 0.5) is 0 Å². The largest absolute Gasteiger partial charge is 0.324 e. The molecule has 0 spiro atoms. The van der Waals surface area contributed by atoms with Gasteiger partial charge < -0.3 is 0 Å². The van der Waals surface area contributed by atoms with Crippen molar-refractivity contribution in [2.24, 2.45) is 0 Å². The average molecular weight is 961 g/mol. The zero-order valence-corrected chi connectivity index (χ0v) is 37.9. The standard InChI is InChI=1S/C41H54I2O6S2/c1-38(2,3)30-13-21-34(22-14-30)42(35-23-15-31(16-24-35)39(4,5)6)48-50(44,45)29-51(46,47)49-43(36-25-17-32(18-26-36)40(7,8)9)37-27-19-33(20-28-37)41(10,11)12/h13-28H,29H2,1-12H3/q+2. The van der Waals surface area contributed by atoms with E-state index in [9.17, 15) is 16.8 Å². The highest BCUT2D eigenvalue weighted by Crippen LogP contribution is 2.24. The second kappa shape index (κ2) is 15.5. The summed E-state index contributed by atoms with van der Waals surface area (Å²) in [5, 5.41) is -1.28. The molecule has 0 unspecified atom stereocenters. The predicted molar refractivity (Wildman–Crippen MR) is 200 cm³/mol. The van der Waals surface area contributed by atoms with Crippen LogP contribution in [0.2, 0.25) is 0 Å². The Bertz CT molecular complexity index is 1730. The number of rotatable bonds is 10. The second-order valence-electron chi connectivity index (χ2n) is 16.9. The molecule has 4 rings (SSSR count). The molecule has 0 N–H and O–H groups in total. The minimum atomic E-state index is -4.59. The van der Waals surface area contributed by atoms with Crippen LogP contribution in [0.25, 0.3) is 0 Å². The lowest BCUT2D eigenvalue weighted by molar-refractivity contribution is -1.03. The Labute approximate surface area is 323 Å². The first kappa shape index (κ1) is 41.9. The Morgan fingerprint density at radius 3 is 0.706 bits per heavy atom. The summed E-state index contributed by atoms with van der Waals surface area (Å²) in [6.45, 7) is 25.4. The van der Waals surface area contributed by atoms with Crippen molar-refractivity contribution in [3.05, 3.63) is 134 Å². The van der Waals surface area contributed by atoms with Gasteiger partial charge in [-0.05, 0) is 97.5 Å². The van der Waals surface area contributed by atoms with Gasteiger partial charge in [0.1, 0.15) is 0 Å². The van der Waals surface area contributed by atoms with Crippen LogP contribution >= 0.6 is 0 Å². The van der Waals surface area contributed by atoms with Gasteiger partial charge in [-0.3, -0.25) is 0 Å². The molecule has 0 aliphatic heterocycles.